The summed E-state index contributed by atoms with van der Waals surface area (Å²) >= 11 is 0. The SMILES string of the molecule is Cc1ccc(OCCC(=O)NCC2(c3ccccc3)CC2)c(C)c1. The van der Waals surface area contributed by atoms with Crippen molar-refractivity contribution in [3.05, 3.63) is 65.2 Å². The number of ether oxygens (including phenoxy) is 1. The molecule has 1 amide bonds. The molecule has 1 fully saturated rings. The van der Waals surface area contributed by atoms with Crippen LogP contribution < -0.4 is 10.1 Å². The van der Waals surface area contributed by atoms with E-state index in [9.17, 15) is 4.79 Å². The van der Waals surface area contributed by atoms with E-state index in [0.29, 0.717) is 13.0 Å². The molecule has 126 valence electrons. The van der Waals surface area contributed by atoms with Crippen LogP contribution in [0.2, 0.25) is 0 Å². The second kappa shape index (κ2) is 7.08. The highest BCUT2D eigenvalue weighted by Gasteiger charge is 2.44. The molecule has 0 aromatic heterocycles. The van der Waals surface area contributed by atoms with Gasteiger partial charge in [-0.3, -0.25) is 4.79 Å². The lowest BCUT2D eigenvalue weighted by molar-refractivity contribution is -0.121. The number of carbonyl (C=O) groups is 1. The van der Waals surface area contributed by atoms with Gasteiger partial charge in [0, 0.05) is 12.0 Å². The maximum atomic E-state index is 12.1. The zero-order valence-electron chi connectivity index (χ0n) is 14.5. The van der Waals surface area contributed by atoms with E-state index in [-0.39, 0.29) is 11.3 Å². The third kappa shape index (κ3) is 3.97. The van der Waals surface area contributed by atoms with Crippen molar-refractivity contribution in [2.45, 2.75) is 38.5 Å². The van der Waals surface area contributed by atoms with Crippen molar-refractivity contribution in [1.82, 2.24) is 5.32 Å². The second-order valence-electron chi connectivity index (χ2n) is 6.79. The van der Waals surface area contributed by atoms with Crippen LogP contribution in [0, 0.1) is 13.8 Å². The molecule has 1 N–H and O–H groups in total. The molecule has 3 rings (SSSR count). The van der Waals surface area contributed by atoms with E-state index in [1.807, 2.05) is 25.1 Å². The number of benzene rings is 2. The van der Waals surface area contributed by atoms with Gasteiger partial charge in [0.15, 0.2) is 0 Å². The third-order valence-electron chi connectivity index (χ3n) is 4.78. The number of nitrogens with one attached hydrogen (secondary N) is 1. The highest BCUT2D eigenvalue weighted by molar-refractivity contribution is 5.76. The highest BCUT2D eigenvalue weighted by atomic mass is 16.5. The van der Waals surface area contributed by atoms with Crippen LogP contribution in [0.25, 0.3) is 0 Å². The Morgan fingerprint density at radius 3 is 2.54 bits per heavy atom. The summed E-state index contributed by atoms with van der Waals surface area (Å²) in [6.45, 7) is 5.22. The van der Waals surface area contributed by atoms with E-state index in [1.165, 1.54) is 11.1 Å². The molecule has 3 nitrogen and oxygen atoms in total. The van der Waals surface area contributed by atoms with Gasteiger partial charge in [0.2, 0.25) is 5.91 Å². The van der Waals surface area contributed by atoms with Gasteiger partial charge in [-0.2, -0.15) is 0 Å². The van der Waals surface area contributed by atoms with Gasteiger partial charge in [0.25, 0.3) is 0 Å². The molecule has 0 aliphatic heterocycles. The fraction of sp³-hybridized carbons (Fsp3) is 0.381. The van der Waals surface area contributed by atoms with Crippen molar-refractivity contribution in [1.29, 1.82) is 0 Å². The Bertz CT molecular complexity index is 705. The molecule has 2 aromatic carbocycles. The van der Waals surface area contributed by atoms with Crippen LogP contribution in [0.3, 0.4) is 0 Å². The monoisotopic (exact) mass is 323 g/mol. The number of rotatable bonds is 7. The minimum atomic E-state index is 0.0574. The van der Waals surface area contributed by atoms with Crippen molar-refractivity contribution in [3.63, 3.8) is 0 Å². The highest BCUT2D eigenvalue weighted by Crippen LogP contribution is 2.47. The Balaban J connectivity index is 1.43. The van der Waals surface area contributed by atoms with Crippen molar-refractivity contribution in [2.24, 2.45) is 0 Å². The van der Waals surface area contributed by atoms with E-state index in [2.05, 4.69) is 42.6 Å². The summed E-state index contributed by atoms with van der Waals surface area (Å²) in [5.74, 6) is 0.915. The lowest BCUT2D eigenvalue weighted by Crippen LogP contribution is -2.33. The molecule has 1 aliphatic rings. The van der Waals surface area contributed by atoms with E-state index in [0.717, 1.165) is 30.7 Å². The number of hydrogen-bond acceptors (Lipinski definition) is 2. The van der Waals surface area contributed by atoms with E-state index >= 15 is 0 Å². The lowest BCUT2D eigenvalue weighted by atomic mass is 9.96. The van der Waals surface area contributed by atoms with Crippen LogP contribution in [-0.2, 0) is 10.2 Å². The fourth-order valence-corrected chi connectivity index (χ4v) is 3.08. The Morgan fingerprint density at radius 2 is 1.88 bits per heavy atom. The zero-order chi connectivity index (χ0) is 17.0. The van der Waals surface area contributed by atoms with Crippen LogP contribution >= 0.6 is 0 Å². The molecule has 0 atom stereocenters. The van der Waals surface area contributed by atoms with E-state index in [1.54, 1.807) is 0 Å². The molecule has 1 aliphatic carbocycles. The number of aryl methyl sites for hydroxylation is 2. The van der Waals surface area contributed by atoms with Gasteiger partial charge in [-0.1, -0.05) is 48.0 Å². The molecule has 2 aromatic rings. The molecule has 0 saturated heterocycles. The molecule has 0 radical (unpaired) electrons. The first-order chi connectivity index (χ1) is 11.6. The van der Waals surface area contributed by atoms with Gasteiger partial charge in [-0.25, -0.2) is 0 Å². The predicted molar refractivity (Wildman–Crippen MR) is 96.4 cm³/mol. The van der Waals surface area contributed by atoms with Gasteiger partial charge >= 0.3 is 0 Å². The largest absolute Gasteiger partial charge is 0.493 e. The summed E-state index contributed by atoms with van der Waals surface area (Å²) in [6, 6.07) is 16.6. The van der Waals surface area contributed by atoms with Crippen molar-refractivity contribution in [2.75, 3.05) is 13.2 Å². The maximum Gasteiger partial charge on any atom is 0.223 e. The first-order valence-corrected chi connectivity index (χ1v) is 8.61. The topological polar surface area (TPSA) is 38.3 Å². The zero-order valence-corrected chi connectivity index (χ0v) is 14.5. The Morgan fingerprint density at radius 1 is 1.12 bits per heavy atom. The summed E-state index contributed by atoms with van der Waals surface area (Å²) < 4.78 is 5.73. The van der Waals surface area contributed by atoms with Crippen LogP contribution in [0.1, 0.15) is 36.0 Å². The van der Waals surface area contributed by atoms with Crippen molar-refractivity contribution < 1.29 is 9.53 Å². The van der Waals surface area contributed by atoms with E-state index < -0.39 is 0 Å². The average molecular weight is 323 g/mol. The maximum absolute atomic E-state index is 12.1. The van der Waals surface area contributed by atoms with Crippen LogP contribution in [0.15, 0.2) is 48.5 Å². The molecular weight excluding hydrogens is 298 g/mol. The normalized spacial score (nSPS) is 14.9. The molecule has 3 heteroatoms. The molecular formula is C21H25NO2. The first-order valence-electron chi connectivity index (χ1n) is 8.61. The molecule has 0 unspecified atom stereocenters. The predicted octanol–water partition coefficient (Wildman–Crippen LogP) is 3.92. The second-order valence-corrected chi connectivity index (χ2v) is 6.79. The summed E-state index contributed by atoms with van der Waals surface area (Å²) in [7, 11) is 0. The Hall–Kier alpha value is -2.29. The lowest BCUT2D eigenvalue weighted by Gasteiger charge is -2.16. The molecule has 1 saturated carbocycles. The Kier molecular flexibility index (Phi) is 4.89. The van der Waals surface area contributed by atoms with Crippen molar-refractivity contribution in [3.8, 4) is 5.75 Å². The summed E-state index contributed by atoms with van der Waals surface area (Å²) in [5, 5.41) is 3.07. The number of amides is 1. The van der Waals surface area contributed by atoms with Crippen LogP contribution in [0.4, 0.5) is 0 Å². The van der Waals surface area contributed by atoms with E-state index in [4.69, 9.17) is 4.74 Å². The van der Waals surface area contributed by atoms with Gasteiger partial charge < -0.3 is 10.1 Å². The summed E-state index contributed by atoms with van der Waals surface area (Å²) in [4.78, 5) is 12.1. The van der Waals surface area contributed by atoms with Crippen molar-refractivity contribution >= 4 is 5.91 Å². The minimum absolute atomic E-state index is 0.0574. The number of hydrogen-bond donors (Lipinski definition) is 1. The molecule has 0 bridgehead atoms. The summed E-state index contributed by atoms with van der Waals surface area (Å²) in [5.41, 5.74) is 3.81. The van der Waals surface area contributed by atoms with Gasteiger partial charge in [0.05, 0.1) is 13.0 Å². The molecule has 0 heterocycles. The van der Waals surface area contributed by atoms with Crippen LogP contribution in [0.5, 0.6) is 5.75 Å². The quantitative estimate of drug-likeness (QED) is 0.838. The van der Waals surface area contributed by atoms with Gasteiger partial charge in [-0.15, -0.1) is 0 Å². The summed E-state index contributed by atoms with van der Waals surface area (Å²) in [6.07, 6.45) is 2.69. The smallest absolute Gasteiger partial charge is 0.223 e. The minimum Gasteiger partial charge on any atom is -0.493 e. The molecule has 24 heavy (non-hydrogen) atoms. The number of carbonyl (C=O) groups excluding carboxylic acids is 1. The fourth-order valence-electron chi connectivity index (χ4n) is 3.08. The standard InChI is InChI=1S/C21H25NO2/c1-16-8-9-19(17(2)14-16)24-13-10-20(23)22-15-21(11-12-21)18-6-4-3-5-7-18/h3-9,14H,10-13,15H2,1-2H3,(H,22,23). The average Bonchev–Trinajstić information content (AvgIpc) is 3.37. The first kappa shape index (κ1) is 16.6. The van der Waals surface area contributed by atoms with Crippen LogP contribution in [-0.4, -0.2) is 19.1 Å². The molecule has 0 spiro atoms. The van der Waals surface area contributed by atoms with Gasteiger partial charge in [-0.05, 0) is 43.9 Å². The van der Waals surface area contributed by atoms with Gasteiger partial charge in [0.1, 0.15) is 5.75 Å². The third-order valence-corrected chi connectivity index (χ3v) is 4.78. The Labute approximate surface area is 144 Å².